The number of benzene rings is 2. The Morgan fingerprint density at radius 3 is 2.42 bits per heavy atom. The molecule has 2 atom stereocenters. The molecule has 2 aromatic carbocycles. The van der Waals surface area contributed by atoms with Crippen LogP contribution in [-0.4, -0.2) is 61.1 Å². The largest absolute Gasteiger partial charge is 0.504 e. The lowest BCUT2D eigenvalue weighted by atomic mass is 9.83. The van der Waals surface area contributed by atoms with E-state index in [1.807, 2.05) is 11.9 Å². The number of likely N-dealkylation sites (N-methyl/N-ethyl adjacent to an activating group) is 1. The first kappa shape index (κ1) is 21.1. The number of aliphatic hydroxyl groups excluding tert-OH is 1. The van der Waals surface area contributed by atoms with Crippen molar-refractivity contribution in [2.45, 2.75) is 25.2 Å². The van der Waals surface area contributed by atoms with Crippen molar-refractivity contribution in [3.05, 3.63) is 39.9 Å². The van der Waals surface area contributed by atoms with E-state index in [1.54, 1.807) is 12.1 Å². The topological polar surface area (TPSA) is 118 Å². The minimum Gasteiger partial charge on any atom is -0.504 e. The van der Waals surface area contributed by atoms with Crippen LogP contribution in [0.2, 0.25) is 0 Å². The van der Waals surface area contributed by atoms with E-state index < -0.39 is 36.2 Å². The van der Waals surface area contributed by atoms with Crippen molar-refractivity contribution in [1.29, 1.82) is 0 Å². The van der Waals surface area contributed by atoms with Gasteiger partial charge in [0.1, 0.15) is 11.7 Å². The molecule has 0 aliphatic carbocycles. The lowest BCUT2D eigenvalue weighted by molar-refractivity contribution is 0.00855. The molecule has 0 aromatic heterocycles. The molecule has 2 aliphatic heterocycles. The number of methoxy groups -OCH3 is 3. The molecule has 0 amide bonds. The quantitative estimate of drug-likeness (QED) is 0.483. The van der Waals surface area contributed by atoms with E-state index in [-0.39, 0.29) is 16.9 Å². The van der Waals surface area contributed by atoms with Gasteiger partial charge in [-0.25, -0.2) is 4.79 Å². The van der Waals surface area contributed by atoms with Gasteiger partial charge < -0.3 is 34.3 Å². The average molecular weight is 431 g/mol. The molecule has 0 fully saturated rings. The first-order chi connectivity index (χ1) is 14.9. The number of hydrogen-bond donors (Lipinski definition) is 3. The summed E-state index contributed by atoms with van der Waals surface area (Å²) in [5.41, 5.74) is 2.38. The number of aliphatic hydroxyl groups is 1. The number of aromatic hydroxyl groups is 2. The summed E-state index contributed by atoms with van der Waals surface area (Å²) in [6.07, 6.45) is -0.210. The van der Waals surface area contributed by atoms with Crippen LogP contribution in [0, 0.1) is 0 Å². The van der Waals surface area contributed by atoms with Crippen LogP contribution in [-0.2, 0) is 17.8 Å². The molecule has 9 heteroatoms. The molecule has 4 rings (SSSR count). The maximum Gasteiger partial charge on any atom is 0.343 e. The van der Waals surface area contributed by atoms with Crippen LogP contribution in [0.5, 0.6) is 28.7 Å². The zero-order chi connectivity index (χ0) is 22.4. The third-order valence-electron chi connectivity index (χ3n) is 6.12. The molecule has 0 saturated heterocycles. The Hall–Kier alpha value is -3.17. The molecule has 0 bridgehead atoms. The standard InChI is InChI=1S/C22H25NO8/c1-23-8-7-10-12(9-24)17(25)18(26)21(30-4)14(10)16(23)19-11-5-6-13(28-2)20(29-3)15(11)22(27)31-19/h5-6,16,19,24-26H,7-9H2,1-4H3/t16-,19?/m1/s1. The van der Waals surface area contributed by atoms with Crippen LogP contribution in [0.3, 0.4) is 0 Å². The second-order valence-corrected chi connectivity index (χ2v) is 7.53. The lowest BCUT2D eigenvalue weighted by Gasteiger charge is -2.39. The maximum absolute atomic E-state index is 12.8. The average Bonchev–Trinajstić information content (AvgIpc) is 3.10. The molecule has 2 aliphatic rings. The van der Waals surface area contributed by atoms with Gasteiger partial charge in [0.2, 0.25) is 5.75 Å². The third-order valence-corrected chi connectivity index (χ3v) is 6.12. The van der Waals surface area contributed by atoms with Crippen molar-refractivity contribution in [3.8, 4) is 28.7 Å². The molecule has 166 valence electrons. The van der Waals surface area contributed by atoms with E-state index in [2.05, 4.69) is 0 Å². The van der Waals surface area contributed by atoms with E-state index in [1.165, 1.54) is 21.3 Å². The molecule has 2 aromatic rings. The Balaban J connectivity index is 1.95. The Morgan fingerprint density at radius 1 is 1.10 bits per heavy atom. The van der Waals surface area contributed by atoms with Crippen molar-refractivity contribution in [2.24, 2.45) is 0 Å². The van der Waals surface area contributed by atoms with Gasteiger partial charge in [-0.2, -0.15) is 0 Å². The molecule has 31 heavy (non-hydrogen) atoms. The van der Waals surface area contributed by atoms with Gasteiger partial charge in [0.05, 0.1) is 34.0 Å². The summed E-state index contributed by atoms with van der Waals surface area (Å²) >= 11 is 0. The highest BCUT2D eigenvalue weighted by Crippen LogP contribution is 2.55. The maximum atomic E-state index is 12.8. The molecular formula is C22H25NO8. The van der Waals surface area contributed by atoms with Gasteiger partial charge in [-0.3, -0.25) is 4.90 Å². The summed E-state index contributed by atoms with van der Waals surface area (Å²) < 4.78 is 22.0. The van der Waals surface area contributed by atoms with Crippen molar-refractivity contribution in [1.82, 2.24) is 4.90 Å². The number of cyclic esters (lactones) is 1. The van der Waals surface area contributed by atoms with Gasteiger partial charge in [-0.15, -0.1) is 0 Å². The number of carbonyl (C=O) groups excluding carboxylic acids is 1. The van der Waals surface area contributed by atoms with E-state index in [4.69, 9.17) is 18.9 Å². The zero-order valence-corrected chi connectivity index (χ0v) is 17.8. The Kier molecular flexibility index (Phi) is 5.32. The molecular weight excluding hydrogens is 406 g/mol. The van der Waals surface area contributed by atoms with Crippen LogP contribution >= 0.6 is 0 Å². The first-order valence-corrected chi connectivity index (χ1v) is 9.79. The van der Waals surface area contributed by atoms with Gasteiger partial charge in [0.15, 0.2) is 23.0 Å². The number of esters is 1. The van der Waals surface area contributed by atoms with Crippen LogP contribution in [0.25, 0.3) is 0 Å². The third kappa shape index (κ3) is 2.95. The van der Waals surface area contributed by atoms with Gasteiger partial charge >= 0.3 is 5.97 Å². The van der Waals surface area contributed by atoms with E-state index in [0.717, 1.165) is 0 Å². The van der Waals surface area contributed by atoms with Gasteiger partial charge in [-0.05, 0) is 25.1 Å². The smallest absolute Gasteiger partial charge is 0.343 e. The van der Waals surface area contributed by atoms with Crippen molar-refractivity contribution < 1.29 is 39.1 Å². The Labute approximate surface area is 179 Å². The Bertz CT molecular complexity index is 1050. The SMILES string of the molecule is COc1ccc2c(c1OC)C(=O)OC2[C@H]1c2c(c(CO)c(O)c(O)c2OC)CCN1C. The highest BCUT2D eigenvalue weighted by Gasteiger charge is 2.46. The summed E-state index contributed by atoms with van der Waals surface area (Å²) in [6.45, 7) is 0.128. The molecule has 0 spiro atoms. The fourth-order valence-corrected chi connectivity index (χ4v) is 4.69. The van der Waals surface area contributed by atoms with Gasteiger partial charge in [0.25, 0.3) is 0 Å². The lowest BCUT2D eigenvalue weighted by Crippen LogP contribution is -2.37. The summed E-state index contributed by atoms with van der Waals surface area (Å²) in [7, 11) is 6.21. The van der Waals surface area contributed by atoms with Crippen molar-refractivity contribution in [3.63, 3.8) is 0 Å². The molecule has 1 unspecified atom stereocenters. The van der Waals surface area contributed by atoms with Crippen molar-refractivity contribution in [2.75, 3.05) is 34.9 Å². The fourth-order valence-electron chi connectivity index (χ4n) is 4.69. The van der Waals surface area contributed by atoms with Crippen LogP contribution < -0.4 is 14.2 Å². The van der Waals surface area contributed by atoms with E-state index >= 15 is 0 Å². The number of nitrogens with zero attached hydrogens (tertiary/aromatic N) is 1. The molecule has 3 N–H and O–H groups in total. The fraction of sp³-hybridized carbons (Fsp3) is 0.409. The minimum absolute atomic E-state index is 0.0891. The number of hydrogen-bond acceptors (Lipinski definition) is 9. The number of phenolic OH excluding ortho intramolecular Hbond substituents is 1. The Morgan fingerprint density at radius 2 is 1.81 bits per heavy atom. The second-order valence-electron chi connectivity index (χ2n) is 7.53. The summed E-state index contributed by atoms with van der Waals surface area (Å²) in [5.74, 6) is -0.604. The highest BCUT2D eigenvalue weighted by atomic mass is 16.6. The molecule has 0 radical (unpaired) electrons. The van der Waals surface area contributed by atoms with Gasteiger partial charge in [0, 0.05) is 23.2 Å². The van der Waals surface area contributed by atoms with E-state index in [0.29, 0.717) is 41.2 Å². The zero-order valence-electron chi connectivity index (χ0n) is 17.8. The number of phenols is 2. The van der Waals surface area contributed by atoms with Crippen LogP contribution in [0.15, 0.2) is 12.1 Å². The summed E-state index contributed by atoms with van der Waals surface area (Å²) in [6, 6.07) is 2.94. The monoisotopic (exact) mass is 431 g/mol. The van der Waals surface area contributed by atoms with Crippen molar-refractivity contribution >= 4 is 5.97 Å². The van der Waals surface area contributed by atoms with Crippen LogP contribution in [0.4, 0.5) is 0 Å². The number of fused-ring (bicyclic) bond motifs is 2. The highest BCUT2D eigenvalue weighted by molar-refractivity contribution is 5.98. The summed E-state index contributed by atoms with van der Waals surface area (Å²) in [4.78, 5) is 14.8. The summed E-state index contributed by atoms with van der Waals surface area (Å²) in [5, 5.41) is 30.8. The number of carbonyl (C=O) groups is 1. The number of rotatable bonds is 5. The first-order valence-electron chi connectivity index (χ1n) is 9.79. The molecule has 9 nitrogen and oxygen atoms in total. The molecule has 0 saturated carbocycles. The predicted molar refractivity (Wildman–Crippen MR) is 109 cm³/mol. The second kappa shape index (κ2) is 7.82. The van der Waals surface area contributed by atoms with Gasteiger partial charge in [-0.1, -0.05) is 6.07 Å². The molecule has 2 heterocycles. The van der Waals surface area contributed by atoms with E-state index in [9.17, 15) is 20.1 Å². The normalized spacial score (nSPS) is 20.1. The predicted octanol–water partition coefficient (Wildman–Crippen LogP) is 2.06. The minimum atomic E-state index is -0.726. The van der Waals surface area contributed by atoms with Crippen LogP contribution in [0.1, 0.15) is 44.8 Å². The number of ether oxygens (including phenoxy) is 4.